The van der Waals surface area contributed by atoms with Crippen LogP contribution < -0.4 is 10.2 Å². The summed E-state index contributed by atoms with van der Waals surface area (Å²) < 4.78 is 5.57. The maximum Gasteiger partial charge on any atom is 0.220 e. The maximum absolute atomic E-state index is 5.23. The van der Waals surface area contributed by atoms with Crippen molar-refractivity contribution in [3.8, 4) is 102 Å². The van der Waals surface area contributed by atoms with Gasteiger partial charge in [0.1, 0.15) is 5.82 Å². The number of aromatic nitrogens is 9. The monoisotopic (exact) mass is 1260 g/mol. The average molecular weight is 1260 g/mol. The molecular weight excluding hydrogens is 1210 g/mol. The molecule has 18 rings (SSSR count). The molecule has 1 N–H and O–H groups in total. The Balaban J connectivity index is 0.000000122. The normalized spacial score (nSPS) is 11.6. The fourth-order valence-electron chi connectivity index (χ4n) is 12.2. The van der Waals surface area contributed by atoms with E-state index in [0.717, 1.165) is 94.5 Å². The molecule has 4 aromatic heterocycles. The molecule has 0 atom stereocenters. The molecule has 93 heavy (non-hydrogen) atoms. The Hall–Kier alpha value is -12.3. The number of halogens is 1. The predicted octanol–water partition coefficient (Wildman–Crippen LogP) is 20.7. The van der Waals surface area contributed by atoms with Crippen LogP contribution >= 0.6 is 15.9 Å². The molecule has 0 fully saturated rings. The zero-order valence-corrected chi connectivity index (χ0v) is 51.5. The molecule has 440 valence electrons. The van der Waals surface area contributed by atoms with Crippen molar-refractivity contribution in [2.75, 3.05) is 10.2 Å². The van der Waals surface area contributed by atoms with Gasteiger partial charge in [0, 0.05) is 76.9 Å². The van der Waals surface area contributed by atoms with Crippen molar-refractivity contribution < 1.29 is 0 Å². The van der Waals surface area contributed by atoms with Crippen LogP contribution in [0.15, 0.2) is 326 Å². The molecule has 11 nitrogen and oxygen atoms in total. The summed E-state index contributed by atoms with van der Waals surface area (Å²) in [5.74, 6) is 5.80. The van der Waals surface area contributed by atoms with E-state index < -0.39 is 0 Å². The number of imidazole rings is 1. The first-order valence-corrected chi connectivity index (χ1v) is 31.5. The molecule has 12 aromatic carbocycles. The summed E-state index contributed by atoms with van der Waals surface area (Å²) >= 11 is 3.52. The van der Waals surface area contributed by atoms with E-state index in [0.29, 0.717) is 34.9 Å². The first-order chi connectivity index (χ1) is 46.0. The lowest BCUT2D eigenvalue weighted by Crippen LogP contribution is -2.14. The van der Waals surface area contributed by atoms with Crippen LogP contribution in [-0.2, 0) is 0 Å². The van der Waals surface area contributed by atoms with Crippen molar-refractivity contribution in [1.82, 2.24) is 44.0 Å². The summed E-state index contributed by atoms with van der Waals surface area (Å²) in [6.45, 7) is 0. The largest absolute Gasteiger partial charge is 0.341 e. The van der Waals surface area contributed by atoms with Crippen LogP contribution in [-0.4, -0.2) is 44.0 Å². The summed E-state index contributed by atoms with van der Waals surface area (Å²) in [4.78, 5) is 36.4. The van der Waals surface area contributed by atoms with Gasteiger partial charge in [0.25, 0.3) is 0 Å². The number of hydrogen-bond acceptors (Lipinski definition) is 9. The summed E-state index contributed by atoms with van der Waals surface area (Å²) in [6, 6.07) is 110. The highest BCUT2D eigenvalue weighted by Crippen LogP contribution is 2.48. The van der Waals surface area contributed by atoms with Gasteiger partial charge in [-0.25, -0.2) is 34.9 Å². The van der Waals surface area contributed by atoms with Gasteiger partial charge in [-0.05, 0) is 72.8 Å². The number of rotatable bonds is 7. The third-order valence-electron chi connectivity index (χ3n) is 16.5. The number of fused-ring (bicyclic) bond motifs is 14. The van der Waals surface area contributed by atoms with Crippen LogP contribution in [0.4, 0.5) is 28.8 Å². The zero-order valence-electron chi connectivity index (χ0n) is 49.9. The number of para-hydroxylation sites is 7. The highest BCUT2D eigenvalue weighted by Gasteiger charge is 2.30. The molecule has 0 unspecified atom stereocenters. The Morgan fingerprint density at radius 1 is 0.280 bits per heavy atom. The second kappa shape index (κ2) is 24.6. The van der Waals surface area contributed by atoms with Crippen molar-refractivity contribution >= 4 is 66.7 Å². The van der Waals surface area contributed by atoms with Crippen LogP contribution in [0.3, 0.4) is 0 Å². The van der Waals surface area contributed by atoms with Gasteiger partial charge in [0.2, 0.25) is 5.95 Å². The second-order valence-electron chi connectivity index (χ2n) is 22.4. The molecule has 2 aliphatic rings. The summed E-state index contributed by atoms with van der Waals surface area (Å²) in [5.41, 5.74) is 19.1. The Labute approximate surface area is 545 Å². The average Bonchev–Trinajstić information content (AvgIpc) is 1.59. The lowest BCUT2D eigenvalue weighted by atomic mass is 10.0. The van der Waals surface area contributed by atoms with Crippen molar-refractivity contribution in [2.24, 2.45) is 0 Å². The Kier molecular flexibility index (Phi) is 14.8. The Bertz CT molecular complexity index is 5290. The van der Waals surface area contributed by atoms with Crippen LogP contribution in [0, 0.1) is 0 Å². The van der Waals surface area contributed by atoms with Gasteiger partial charge in [-0.15, -0.1) is 0 Å². The van der Waals surface area contributed by atoms with Gasteiger partial charge in [-0.1, -0.05) is 265 Å². The van der Waals surface area contributed by atoms with Crippen LogP contribution in [0.25, 0.3) is 124 Å². The number of anilines is 5. The van der Waals surface area contributed by atoms with Gasteiger partial charge in [0.05, 0.1) is 33.6 Å². The van der Waals surface area contributed by atoms with Crippen molar-refractivity contribution in [3.05, 3.63) is 326 Å². The molecule has 0 spiro atoms. The number of nitrogens with one attached hydrogen (secondary N) is 1. The van der Waals surface area contributed by atoms with E-state index in [1.807, 2.05) is 152 Å². The van der Waals surface area contributed by atoms with Crippen LogP contribution in [0.1, 0.15) is 0 Å². The minimum atomic E-state index is 0.606. The van der Waals surface area contributed by atoms with E-state index in [4.69, 9.17) is 29.9 Å². The molecule has 16 aromatic rings. The minimum absolute atomic E-state index is 0.606. The SMILES string of the molecule is Brc1cccc(-c2nc(-c3ccccc3)nc(-c3ccccc3)n2)c1.c1ccc(-c2nc(-c3ccccc3)nc(-c3cccc(N4c5ccccc5-c5ccccc5-n5c4nc4ccccc45)c3)n2)cc1.c1ccc2c(c1)Nc1cc3ccccc3n1-c1ccccc1-2. The first kappa shape index (κ1) is 56.0. The molecule has 0 amide bonds. The van der Waals surface area contributed by atoms with Crippen molar-refractivity contribution in [3.63, 3.8) is 0 Å². The lowest BCUT2D eigenvalue weighted by molar-refractivity contribution is 1.05. The van der Waals surface area contributed by atoms with Gasteiger partial charge < -0.3 is 5.32 Å². The quantitative estimate of drug-likeness (QED) is 0.167. The fourth-order valence-corrected chi connectivity index (χ4v) is 12.6. The third kappa shape index (κ3) is 11.0. The Morgan fingerprint density at radius 2 is 0.677 bits per heavy atom. The predicted molar refractivity (Wildman–Crippen MR) is 380 cm³/mol. The van der Waals surface area contributed by atoms with E-state index in [1.165, 1.54) is 27.7 Å². The molecule has 0 saturated heterocycles. The maximum atomic E-state index is 5.23. The molecule has 12 heteroatoms. The number of nitrogens with zero attached hydrogens (tertiary/aromatic N) is 10. The summed E-state index contributed by atoms with van der Waals surface area (Å²) in [5, 5.41) is 4.85. The van der Waals surface area contributed by atoms with Gasteiger partial charge >= 0.3 is 0 Å². The highest BCUT2D eigenvalue weighted by atomic mass is 79.9. The van der Waals surface area contributed by atoms with Gasteiger partial charge in [-0.2, -0.15) is 0 Å². The minimum Gasteiger partial charge on any atom is -0.341 e. The topological polar surface area (TPSA) is 115 Å². The highest BCUT2D eigenvalue weighted by molar-refractivity contribution is 9.10. The molecular formula is C81H54BrN11. The van der Waals surface area contributed by atoms with Gasteiger partial charge in [0.15, 0.2) is 34.9 Å². The molecule has 0 bridgehead atoms. The zero-order chi connectivity index (χ0) is 62.0. The van der Waals surface area contributed by atoms with E-state index in [1.54, 1.807) is 0 Å². The fraction of sp³-hybridized carbons (Fsp3) is 0. The number of benzene rings is 12. The van der Waals surface area contributed by atoms with E-state index in [2.05, 4.69) is 210 Å². The van der Waals surface area contributed by atoms with Crippen molar-refractivity contribution in [2.45, 2.75) is 0 Å². The molecule has 0 radical (unpaired) electrons. The van der Waals surface area contributed by atoms with Crippen molar-refractivity contribution in [1.29, 1.82) is 0 Å². The first-order valence-electron chi connectivity index (χ1n) is 30.7. The smallest absolute Gasteiger partial charge is 0.220 e. The Morgan fingerprint density at radius 3 is 1.24 bits per heavy atom. The third-order valence-corrected chi connectivity index (χ3v) is 17.0. The van der Waals surface area contributed by atoms with Crippen LogP contribution in [0.5, 0.6) is 0 Å². The molecule has 2 aliphatic heterocycles. The summed E-state index contributed by atoms with van der Waals surface area (Å²) in [6.07, 6.45) is 0. The van der Waals surface area contributed by atoms with E-state index >= 15 is 0 Å². The molecule has 6 heterocycles. The summed E-state index contributed by atoms with van der Waals surface area (Å²) in [7, 11) is 0. The van der Waals surface area contributed by atoms with Crippen LogP contribution in [0.2, 0.25) is 0 Å². The molecule has 0 aliphatic carbocycles. The number of hydrogen-bond donors (Lipinski definition) is 1. The molecule has 0 saturated carbocycles. The standard InChI is InChI=1S/C40H26N6.C21H14BrN3.C20H14N2/c1-3-14-27(15-4-1)37-42-38(28-16-5-2-6-17-28)44-39(43-37)29-18-13-19-30(26-29)45-34-23-10-7-20-31(34)32-21-8-11-24-35(32)46-36-25-12-9-22-33(36)41-40(45)46;22-18-13-7-12-17(14-18)21-24-19(15-8-3-1-4-9-15)23-20(25-21)16-10-5-2-6-11-16;1-5-11-18-14(7-1)13-20-21-17-10-4-2-8-15(17)16-9-3-6-12-19(16)22(18)20/h1-26H;1-14H;1-13,21H. The lowest BCUT2D eigenvalue weighted by Gasteiger charge is -2.25. The van der Waals surface area contributed by atoms with E-state index in [-0.39, 0.29) is 0 Å². The second-order valence-corrected chi connectivity index (χ2v) is 23.3. The van der Waals surface area contributed by atoms with Gasteiger partial charge in [-0.3, -0.25) is 14.0 Å². The van der Waals surface area contributed by atoms with E-state index in [9.17, 15) is 0 Å².